The second kappa shape index (κ2) is 8.03. The van der Waals surface area contributed by atoms with E-state index >= 15 is 0 Å². The number of rotatable bonds is 6. The second-order valence-electron chi connectivity index (χ2n) is 7.87. The van der Waals surface area contributed by atoms with Crippen molar-refractivity contribution in [3.63, 3.8) is 0 Å². The van der Waals surface area contributed by atoms with Gasteiger partial charge in [-0.05, 0) is 45.4 Å². The van der Waals surface area contributed by atoms with Gasteiger partial charge in [-0.2, -0.15) is 0 Å². The summed E-state index contributed by atoms with van der Waals surface area (Å²) in [5.74, 6) is -0.868. The minimum atomic E-state index is -0.825. The number of amides is 1. The number of carbonyl (C=O) groups is 1. The number of nitrogens with zero attached hydrogens (tertiary/aromatic N) is 1. The van der Waals surface area contributed by atoms with Crippen LogP contribution in [0.2, 0.25) is 0 Å². The summed E-state index contributed by atoms with van der Waals surface area (Å²) in [5, 5.41) is 0.396. The number of benzene rings is 2. The quantitative estimate of drug-likeness (QED) is 0.558. The number of aryl methyl sites for hydroxylation is 1. The molecule has 2 aromatic carbocycles. The molecule has 1 aliphatic heterocycles. The Labute approximate surface area is 174 Å². The molecule has 0 fully saturated rings. The predicted molar refractivity (Wildman–Crippen MR) is 112 cm³/mol. The molecule has 1 aromatic heterocycles. The fraction of sp³-hybridized carbons (Fsp3) is 0.333. The molecule has 1 atom stereocenters. The maximum atomic E-state index is 14.7. The maximum absolute atomic E-state index is 14.7. The van der Waals surface area contributed by atoms with Crippen molar-refractivity contribution in [3.8, 4) is 0 Å². The van der Waals surface area contributed by atoms with Crippen LogP contribution in [-0.2, 0) is 4.74 Å². The summed E-state index contributed by atoms with van der Waals surface area (Å²) in [6, 6.07) is 10.7. The SMILES string of the molecule is Cc1ccc2oc3c(c(=O)c2c1)[C@H](c1ccccc1F)N(CCCOC(C)C)C3=O. The van der Waals surface area contributed by atoms with E-state index in [0.717, 1.165) is 5.56 Å². The molecule has 6 heteroatoms. The lowest BCUT2D eigenvalue weighted by molar-refractivity contribution is 0.0592. The molecule has 156 valence electrons. The van der Waals surface area contributed by atoms with Gasteiger partial charge in [0.05, 0.1) is 23.1 Å². The average molecular weight is 409 g/mol. The molecular formula is C24H24FNO4. The highest BCUT2D eigenvalue weighted by Crippen LogP contribution is 2.39. The van der Waals surface area contributed by atoms with Crippen LogP contribution in [0, 0.1) is 12.7 Å². The van der Waals surface area contributed by atoms with Gasteiger partial charge in [0.15, 0.2) is 5.43 Å². The Kier molecular flexibility index (Phi) is 5.43. The minimum absolute atomic E-state index is 0.00520. The third-order valence-electron chi connectivity index (χ3n) is 5.32. The highest BCUT2D eigenvalue weighted by atomic mass is 19.1. The summed E-state index contributed by atoms with van der Waals surface area (Å²) in [4.78, 5) is 28.1. The molecule has 0 spiro atoms. The van der Waals surface area contributed by atoms with Gasteiger partial charge in [0.25, 0.3) is 5.91 Å². The number of hydrogen-bond acceptors (Lipinski definition) is 4. The Morgan fingerprint density at radius 2 is 1.93 bits per heavy atom. The summed E-state index contributed by atoms with van der Waals surface area (Å²) in [5.41, 5.74) is 1.46. The molecule has 5 nitrogen and oxygen atoms in total. The second-order valence-corrected chi connectivity index (χ2v) is 7.87. The summed E-state index contributed by atoms with van der Waals surface area (Å²) < 4.78 is 26.2. The van der Waals surface area contributed by atoms with Gasteiger partial charge in [0.2, 0.25) is 5.76 Å². The average Bonchev–Trinajstić information content (AvgIpc) is 2.98. The van der Waals surface area contributed by atoms with Gasteiger partial charge < -0.3 is 14.1 Å². The van der Waals surface area contributed by atoms with E-state index in [0.29, 0.717) is 30.5 Å². The van der Waals surface area contributed by atoms with Crippen molar-refractivity contribution in [2.75, 3.05) is 13.2 Å². The standard InChI is InChI=1S/C24H24FNO4/c1-14(2)29-12-6-11-26-21(16-7-4-5-8-18(16)25)20-22(27)17-13-15(3)9-10-19(17)30-23(20)24(26)28/h4-5,7-10,13-14,21H,6,11-12H2,1-3H3/t21-/m0/s1. The lowest BCUT2D eigenvalue weighted by Crippen LogP contribution is -2.32. The Morgan fingerprint density at radius 1 is 1.17 bits per heavy atom. The first kappa shape index (κ1) is 20.3. The van der Waals surface area contributed by atoms with Crippen LogP contribution in [0.5, 0.6) is 0 Å². The molecule has 3 aromatic rings. The van der Waals surface area contributed by atoms with Gasteiger partial charge in [-0.15, -0.1) is 0 Å². The van der Waals surface area contributed by atoms with E-state index in [1.807, 2.05) is 26.8 Å². The lowest BCUT2D eigenvalue weighted by Gasteiger charge is -2.25. The zero-order valence-corrected chi connectivity index (χ0v) is 17.3. The summed E-state index contributed by atoms with van der Waals surface area (Å²) >= 11 is 0. The van der Waals surface area contributed by atoms with Crippen LogP contribution in [0.3, 0.4) is 0 Å². The third-order valence-corrected chi connectivity index (χ3v) is 5.32. The number of fused-ring (bicyclic) bond motifs is 2. The van der Waals surface area contributed by atoms with Crippen LogP contribution in [0.1, 0.15) is 53.6 Å². The van der Waals surface area contributed by atoms with E-state index < -0.39 is 17.8 Å². The molecule has 0 bridgehead atoms. The van der Waals surface area contributed by atoms with Crippen molar-refractivity contribution >= 4 is 16.9 Å². The van der Waals surface area contributed by atoms with Crippen molar-refractivity contribution < 1.29 is 18.3 Å². The molecule has 0 saturated carbocycles. The highest BCUT2D eigenvalue weighted by Gasteiger charge is 2.43. The Morgan fingerprint density at radius 3 is 2.67 bits per heavy atom. The Balaban J connectivity index is 1.84. The molecule has 0 radical (unpaired) electrons. The predicted octanol–water partition coefficient (Wildman–Crippen LogP) is 4.60. The molecule has 0 aliphatic carbocycles. The molecule has 0 N–H and O–H groups in total. The van der Waals surface area contributed by atoms with Crippen LogP contribution in [0.15, 0.2) is 51.7 Å². The molecule has 2 heterocycles. The molecule has 1 amide bonds. The number of hydrogen-bond donors (Lipinski definition) is 0. The molecule has 1 aliphatic rings. The lowest BCUT2D eigenvalue weighted by atomic mass is 9.97. The molecule has 30 heavy (non-hydrogen) atoms. The third kappa shape index (κ3) is 3.52. The molecule has 0 saturated heterocycles. The van der Waals surface area contributed by atoms with Crippen molar-refractivity contribution in [1.29, 1.82) is 0 Å². The first-order chi connectivity index (χ1) is 14.4. The van der Waals surface area contributed by atoms with Gasteiger partial charge in [0, 0.05) is 18.7 Å². The van der Waals surface area contributed by atoms with Gasteiger partial charge >= 0.3 is 0 Å². The van der Waals surface area contributed by atoms with E-state index in [-0.39, 0.29) is 28.4 Å². The molecular weight excluding hydrogens is 385 g/mol. The first-order valence-electron chi connectivity index (χ1n) is 10.1. The summed E-state index contributed by atoms with van der Waals surface area (Å²) in [7, 11) is 0. The fourth-order valence-corrected chi connectivity index (χ4v) is 3.94. The van der Waals surface area contributed by atoms with Crippen LogP contribution in [0.4, 0.5) is 4.39 Å². The Bertz CT molecular complexity index is 1170. The fourth-order valence-electron chi connectivity index (χ4n) is 3.94. The van der Waals surface area contributed by atoms with Crippen molar-refractivity contribution in [2.24, 2.45) is 0 Å². The zero-order chi connectivity index (χ0) is 21.4. The van der Waals surface area contributed by atoms with E-state index in [1.54, 1.807) is 30.3 Å². The van der Waals surface area contributed by atoms with Crippen LogP contribution < -0.4 is 5.43 Å². The summed E-state index contributed by atoms with van der Waals surface area (Å²) in [6.07, 6.45) is 0.644. The zero-order valence-electron chi connectivity index (χ0n) is 17.3. The molecule has 0 unspecified atom stereocenters. The monoisotopic (exact) mass is 409 g/mol. The van der Waals surface area contributed by atoms with E-state index in [2.05, 4.69) is 0 Å². The molecule has 4 rings (SSSR count). The van der Waals surface area contributed by atoms with Crippen molar-refractivity contribution in [2.45, 2.75) is 39.3 Å². The first-order valence-corrected chi connectivity index (χ1v) is 10.1. The smallest absolute Gasteiger partial charge is 0.290 e. The van der Waals surface area contributed by atoms with Crippen LogP contribution in [-0.4, -0.2) is 30.1 Å². The van der Waals surface area contributed by atoms with Crippen LogP contribution >= 0.6 is 0 Å². The number of halogens is 1. The maximum Gasteiger partial charge on any atom is 0.290 e. The van der Waals surface area contributed by atoms with E-state index in [9.17, 15) is 14.0 Å². The topological polar surface area (TPSA) is 59.8 Å². The van der Waals surface area contributed by atoms with Crippen LogP contribution in [0.25, 0.3) is 11.0 Å². The highest BCUT2D eigenvalue weighted by molar-refractivity contribution is 5.99. The van der Waals surface area contributed by atoms with Gasteiger partial charge in [-0.1, -0.05) is 29.8 Å². The van der Waals surface area contributed by atoms with Gasteiger partial charge in [0.1, 0.15) is 11.4 Å². The van der Waals surface area contributed by atoms with E-state index in [1.165, 1.54) is 11.0 Å². The van der Waals surface area contributed by atoms with Crippen molar-refractivity contribution in [3.05, 3.63) is 81.0 Å². The van der Waals surface area contributed by atoms with E-state index in [4.69, 9.17) is 9.15 Å². The minimum Gasteiger partial charge on any atom is -0.450 e. The van der Waals surface area contributed by atoms with Gasteiger partial charge in [-0.25, -0.2) is 4.39 Å². The number of ether oxygens (including phenoxy) is 1. The Hall–Kier alpha value is -2.99. The largest absolute Gasteiger partial charge is 0.450 e. The van der Waals surface area contributed by atoms with Gasteiger partial charge in [-0.3, -0.25) is 9.59 Å². The van der Waals surface area contributed by atoms with Crippen molar-refractivity contribution in [1.82, 2.24) is 4.90 Å². The summed E-state index contributed by atoms with van der Waals surface area (Å²) in [6.45, 7) is 6.55. The number of carbonyl (C=O) groups excluding carboxylic acids is 1. The normalized spacial score (nSPS) is 16.0.